The molecule has 3 aliphatic heterocycles. The van der Waals surface area contributed by atoms with Gasteiger partial charge in [0.15, 0.2) is 0 Å². The molecule has 0 N–H and O–H groups in total. The van der Waals surface area contributed by atoms with Gasteiger partial charge in [-0.3, -0.25) is 0 Å². The molecule has 4 aliphatic rings. The average Bonchev–Trinajstić information content (AvgIpc) is 3.16. The zero-order valence-electron chi connectivity index (χ0n) is 11.5. The summed E-state index contributed by atoms with van der Waals surface area (Å²) in [5, 5.41) is 0. The first-order chi connectivity index (χ1) is 9.11. The normalized spacial score (nSPS) is 53.8. The first kappa shape index (κ1) is 12.5. The van der Waals surface area contributed by atoms with E-state index >= 15 is 0 Å². The summed E-state index contributed by atoms with van der Waals surface area (Å²) in [5.74, 6) is 0.957. The number of epoxide rings is 2. The summed E-state index contributed by atoms with van der Waals surface area (Å²) in [6, 6.07) is 0. The van der Waals surface area contributed by atoms with Gasteiger partial charge >= 0.3 is 0 Å². The fourth-order valence-corrected chi connectivity index (χ4v) is 3.80. The lowest BCUT2D eigenvalue weighted by Crippen LogP contribution is -2.57. The van der Waals surface area contributed by atoms with Gasteiger partial charge in [-0.25, -0.2) is 0 Å². The Morgan fingerprint density at radius 2 is 2.21 bits per heavy atom. The first-order valence-electron chi connectivity index (χ1n) is 7.28. The zero-order valence-corrected chi connectivity index (χ0v) is 11.5. The van der Waals surface area contributed by atoms with Gasteiger partial charge < -0.3 is 14.1 Å². The molecule has 1 spiro atoms. The summed E-state index contributed by atoms with van der Waals surface area (Å²) in [5.41, 5.74) is 1.31. The molecule has 0 aromatic carbocycles. The highest BCUT2D eigenvalue weighted by molar-refractivity contribution is 6.37. The standard InChI is InChI=1S/C14H19B2O3/c1-7(2)3-4-9-12(18-9)10-13-11(16-19-13)8(15)5-14(10)6-17-14/h3,8-13H,4-6H2,1-2H3. The van der Waals surface area contributed by atoms with Crippen molar-refractivity contribution in [3.63, 3.8) is 0 Å². The van der Waals surface area contributed by atoms with Crippen LogP contribution in [0.15, 0.2) is 11.6 Å². The molecule has 0 aromatic rings. The molecular weight excluding hydrogens is 238 g/mol. The van der Waals surface area contributed by atoms with Gasteiger partial charge in [-0.05, 0) is 32.5 Å². The number of hydrogen-bond donors (Lipinski definition) is 0. The van der Waals surface area contributed by atoms with Gasteiger partial charge in [0.2, 0.25) is 0 Å². The first-order valence-corrected chi connectivity index (χ1v) is 7.28. The second-order valence-corrected chi connectivity index (χ2v) is 6.72. The van der Waals surface area contributed by atoms with Crippen LogP contribution in [0.5, 0.6) is 0 Å². The highest BCUT2D eigenvalue weighted by Gasteiger charge is 2.69. The van der Waals surface area contributed by atoms with E-state index in [-0.39, 0.29) is 17.5 Å². The Hall–Kier alpha value is -0.250. The van der Waals surface area contributed by atoms with Crippen LogP contribution < -0.4 is 0 Å². The van der Waals surface area contributed by atoms with E-state index in [2.05, 4.69) is 19.9 Å². The topological polar surface area (TPSA) is 34.3 Å². The lowest BCUT2D eigenvalue weighted by Gasteiger charge is -2.51. The third-order valence-corrected chi connectivity index (χ3v) is 5.06. The van der Waals surface area contributed by atoms with Crippen LogP contribution >= 0.6 is 0 Å². The van der Waals surface area contributed by atoms with Crippen LogP contribution in [0.1, 0.15) is 26.7 Å². The second-order valence-electron chi connectivity index (χ2n) is 6.72. The largest absolute Gasteiger partial charge is 0.437 e. The van der Waals surface area contributed by atoms with E-state index in [0.29, 0.717) is 23.9 Å². The maximum absolute atomic E-state index is 6.21. The van der Waals surface area contributed by atoms with E-state index < -0.39 is 0 Å². The number of rotatable bonds is 3. The van der Waals surface area contributed by atoms with E-state index in [4.69, 9.17) is 22.0 Å². The lowest BCUT2D eigenvalue weighted by molar-refractivity contribution is -0.0210. The molecule has 5 heteroatoms. The lowest BCUT2D eigenvalue weighted by atomic mass is 9.46. The van der Waals surface area contributed by atoms with Crippen LogP contribution in [0, 0.1) is 5.92 Å². The highest BCUT2D eigenvalue weighted by Crippen LogP contribution is 2.61. The Morgan fingerprint density at radius 1 is 1.42 bits per heavy atom. The molecule has 99 valence electrons. The Kier molecular flexibility index (Phi) is 2.71. The minimum absolute atomic E-state index is 0.0424. The van der Waals surface area contributed by atoms with Gasteiger partial charge in [0.05, 0.1) is 32.3 Å². The number of hydrogen-bond acceptors (Lipinski definition) is 3. The summed E-state index contributed by atoms with van der Waals surface area (Å²) in [4.78, 5) is 0. The Bertz CT molecular complexity index is 417. The average molecular weight is 257 g/mol. The van der Waals surface area contributed by atoms with Crippen LogP contribution in [0.3, 0.4) is 0 Å². The Balaban J connectivity index is 1.47. The van der Waals surface area contributed by atoms with Crippen molar-refractivity contribution in [3.8, 4) is 0 Å². The summed E-state index contributed by atoms with van der Waals surface area (Å²) < 4.78 is 17.4. The van der Waals surface area contributed by atoms with Crippen molar-refractivity contribution in [2.45, 2.75) is 62.2 Å². The number of fused-ring (bicyclic) bond motifs is 1. The van der Waals surface area contributed by atoms with E-state index in [0.717, 1.165) is 19.4 Å². The molecule has 19 heavy (non-hydrogen) atoms. The summed E-state index contributed by atoms with van der Waals surface area (Å²) >= 11 is 0. The molecule has 4 rings (SSSR count). The van der Waals surface area contributed by atoms with Crippen LogP contribution in [-0.2, 0) is 14.1 Å². The molecule has 3 nitrogen and oxygen atoms in total. The molecule has 1 saturated carbocycles. The maximum atomic E-state index is 6.21. The maximum Gasteiger partial charge on any atom is 0.298 e. The third kappa shape index (κ3) is 1.93. The minimum Gasteiger partial charge on any atom is -0.437 e. The van der Waals surface area contributed by atoms with Crippen LogP contribution in [-0.4, -0.2) is 45.8 Å². The molecule has 7 atom stereocenters. The Labute approximate surface area is 116 Å². The molecule has 7 unspecified atom stereocenters. The van der Waals surface area contributed by atoms with Crippen molar-refractivity contribution in [3.05, 3.63) is 11.6 Å². The third-order valence-electron chi connectivity index (χ3n) is 5.06. The molecule has 3 heterocycles. The molecule has 0 amide bonds. The number of allylic oxidation sites excluding steroid dienone is 1. The fraction of sp³-hybridized carbons (Fsp3) is 0.857. The molecule has 3 radical (unpaired) electrons. The van der Waals surface area contributed by atoms with Crippen LogP contribution in [0.25, 0.3) is 0 Å². The minimum atomic E-state index is -0.0424. The molecule has 4 fully saturated rings. The van der Waals surface area contributed by atoms with Gasteiger partial charge in [0.1, 0.15) is 0 Å². The van der Waals surface area contributed by atoms with Crippen molar-refractivity contribution in [1.82, 2.24) is 0 Å². The predicted molar refractivity (Wildman–Crippen MR) is 73.4 cm³/mol. The predicted octanol–water partition coefficient (Wildman–Crippen LogP) is 1.66. The molecule has 0 bridgehead atoms. The van der Waals surface area contributed by atoms with Crippen molar-refractivity contribution in [1.29, 1.82) is 0 Å². The van der Waals surface area contributed by atoms with E-state index in [1.807, 2.05) is 7.48 Å². The smallest absolute Gasteiger partial charge is 0.298 e. The fourth-order valence-electron chi connectivity index (χ4n) is 3.80. The van der Waals surface area contributed by atoms with Crippen molar-refractivity contribution in [2.24, 2.45) is 5.92 Å². The summed E-state index contributed by atoms with van der Waals surface area (Å²) in [7, 11) is 8.12. The Morgan fingerprint density at radius 3 is 2.79 bits per heavy atom. The SMILES string of the molecule is [B]C1CC2(CO2)C(C2OC2CC=C(C)C)C2O[B]C12. The summed E-state index contributed by atoms with van der Waals surface area (Å²) in [6.07, 6.45) is 5.07. The summed E-state index contributed by atoms with van der Waals surface area (Å²) in [6.45, 7) is 5.08. The van der Waals surface area contributed by atoms with Gasteiger partial charge in [0.25, 0.3) is 7.48 Å². The van der Waals surface area contributed by atoms with Gasteiger partial charge in [-0.1, -0.05) is 17.5 Å². The molecule has 3 saturated heterocycles. The second kappa shape index (κ2) is 4.12. The van der Waals surface area contributed by atoms with Gasteiger partial charge in [-0.15, -0.1) is 0 Å². The van der Waals surface area contributed by atoms with Crippen LogP contribution in [0.2, 0.25) is 11.6 Å². The van der Waals surface area contributed by atoms with Crippen molar-refractivity contribution >= 4 is 15.3 Å². The molecular formula is C14H19B2O3. The molecule has 1 aliphatic carbocycles. The monoisotopic (exact) mass is 257 g/mol. The molecule has 0 aromatic heterocycles. The van der Waals surface area contributed by atoms with E-state index in [1.54, 1.807) is 0 Å². The van der Waals surface area contributed by atoms with Gasteiger partial charge in [-0.2, -0.15) is 0 Å². The van der Waals surface area contributed by atoms with E-state index in [1.165, 1.54) is 5.57 Å². The number of ether oxygens (including phenoxy) is 2. The van der Waals surface area contributed by atoms with Crippen molar-refractivity contribution in [2.75, 3.05) is 6.61 Å². The van der Waals surface area contributed by atoms with Crippen molar-refractivity contribution < 1.29 is 14.1 Å². The van der Waals surface area contributed by atoms with E-state index in [9.17, 15) is 0 Å². The highest BCUT2D eigenvalue weighted by atomic mass is 16.6. The quantitative estimate of drug-likeness (QED) is 0.438. The van der Waals surface area contributed by atoms with Gasteiger partial charge in [0, 0.05) is 12.0 Å². The van der Waals surface area contributed by atoms with Crippen LogP contribution in [0.4, 0.5) is 0 Å². The zero-order chi connectivity index (χ0) is 13.2.